The number of rotatable bonds is 7. The lowest BCUT2D eigenvalue weighted by Gasteiger charge is -2.41. The van der Waals surface area contributed by atoms with Gasteiger partial charge >= 0.3 is 0 Å². The zero-order chi connectivity index (χ0) is 26.9. The average molecular weight is 582 g/mol. The highest BCUT2D eigenvalue weighted by molar-refractivity contribution is 8.01. The van der Waals surface area contributed by atoms with Gasteiger partial charge < -0.3 is 25.8 Å². The van der Waals surface area contributed by atoms with Crippen LogP contribution in [-0.2, 0) is 19.1 Å². The fourth-order valence-corrected chi connectivity index (χ4v) is 9.90. The first-order valence-electron chi connectivity index (χ1n) is 14.5. The number of ether oxygens (including phenoxy) is 2. The number of nitrogens with zero attached hydrogens (tertiary/aromatic N) is 1. The first-order valence-corrected chi connectivity index (χ1v) is 16.5. The van der Waals surface area contributed by atoms with Crippen molar-refractivity contribution in [3.63, 3.8) is 0 Å². The molecule has 11 nitrogen and oxygen atoms in total. The van der Waals surface area contributed by atoms with Crippen LogP contribution in [0.2, 0.25) is 0 Å². The molecule has 39 heavy (non-hydrogen) atoms. The molecule has 10 atom stereocenters. The van der Waals surface area contributed by atoms with E-state index >= 15 is 0 Å². The molecule has 0 aromatic carbocycles. The fraction of sp³-hybridized carbons (Fsp3) is 0.846. The predicted octanol–water partition coefficient (Wildman–Crippen LogP) is -0.566. The maximum Gasteiger partial charge on any atom is 0.223 e. The smallest absolute Gasteiger partial charge is 0.223 e. The Morgan fingerprint density at radius 3 is 2.74 bits per heavy atom. The molecule has 0 aromatic rings. The molecule has 0 spiro atoms. The maximum absolute atomic E-state index is 13.0. The van der Waals surface area contributed by atoms with Gasteiger partial charge in [-0.1, -0.05) is 12.8 Å². The molecule has 0 aromatic heterocycles. The molecule has 0 bridgehead atoms. The van der Waals surface area contributed by atoms with Crippen molar-refractivity contribution in [2.24, 2.45) is 23.3 Å². The van der Waals surface area contributed by atoms with Gasteiger partial charge in [-0.3, -0.25) is 30.9 Å². The maximum atomic E-state index is 13.0. The molecule has 8 N–H and O–H groups in total. The summed E-state index contributed by atoms with van der Waals surface area (Å²) < 4.78 is 12.0. The van der Waals surface area contributed by atoms with Crippen molar-refractivity contribution >= 4 is 35.2 Å². The summed E-state index contributed by atoms with van der Waals surface area (Å²) in [5.41, 5.74) is 12.2. The molecule has 4 saturated heterocycles. The minimum absolute atomic E-state index is 0.0253. The number of fused-ring (bicyclic) bond motifs is 1. The molecule has 6 rings (SSSR count). The molecule has 5 aliphatic heterocycles. The van der Waals surface area contributed by atoms with Crippen molar-refractivity contribution < 1.29 is 19.1 Å². The van der Waals surface area contributed by atoms with E-state index in [0.717, 1.165) is 51.1 Å². The summed E-state index contributed by atoms with van der Waals surface area (Å²) >= 11 is 3.55. The molecule has 1 amide bonds. The third kappa shape index (κ3) is 6.25. The third-order valence-electron chi connectivity index (χ3n) is 9.09. The molecule has 0 radical (unpaired) electrons. The molecular formula is C26H43N7O4S2. The summed E-state index contributed by atoms with van der Waals surface area (Å²) in [5, 5.41) is 14.8. The monoisotopic (exact) mass is 581 g/mol. The number of amides is 1. The van der Waals surface area contributed by atoms with E-state index in [4.69, 9.17) is 20.9 Å². The first-order chi connectivity index (χ1) is 19.0. The van der Waals surface area contributed by atoms with Crippen molar-refractivity contribution in [3.05, 3.63) is 12.0 Å². The second kappa shape index (κ2) is 12.4. The third-order valence-corrected chi connectivity index (χ3v) is 12.0. The van der Waals surface area contributed by atoms with E-state index in [2.05, 4.69) is 26.2 Å². The minimum atomic E-state index is -0.281. The Balaban J connectivity index is 1.06. The number of allylic oxidation sites excluding steroid dienone is 1. The van der Waals surface area contributed by atoms with Crippen LogP contribution in [0.25, 0.3) is 0 Å². The summed E-state index contributed by atoms with van der Waals surface area (Å²) in [6, 6.07) is 0.474. The van der Waals surface area contributed by atoms with Gasteiger partial charge in [0, 0.05) is 54.7 Å². The number of carbonyl (C=O) groups is 2. The summed E-state index contributed by atoms with van der Waals surface area (Å²) in [7, 11) is 0. The van der Waals surface area contributed by atoms with E-state index in [1.807, 2.05) is 11.8 Å². The second-order valence-electron chi connectivity index (χ2n) is 11.6. The summed E-state index contributed by atoms with van der Waals surface area (Å²) in [5.74, 6) is 1.46. The molecule has 1 aliphatic carbocycles. The number of hydrogen-bond donors (Lipinski definition) is 6. The van der Waals surface area contributed by atoms with Gasteiger partial charge in [0.2, 0.25) is 5.91 Å². The van der Waals surface area contributed by atoms with E-state index in [9.17, 15) is 9.59 Å². The van der Waals surface area contributed by atoms with E-state index in [0.29, 0.717) is 30.4 Å². The van der Waals surface area contributed by atoms with E-state index in [1.165, 1.54) is 12.8 Å². The van der Waals surface area contributed by atoms with E-state index in [-0.39, 0.29) is 58.8 Å². The van der Waals surface area contributed by atoms with Crippen LogP contribution in [0.3, 0.4) is 0 Å². The Hall–Kier alpha value is -1.06. The molecule has 5 heterocycles. The lowest BCUT2D eigenvalue weighted by molar-refractivity contribution is -0.124. The zero-order valence-corrected chi connectivity index (χ0v) is 24.0. The van der Waals surface area contributed by atoms with Gasteiger partial charge in [0.1, 0.15) is 16.9 Å². The number of carbonyl (C=O) groups excluding carboxylic acids is 2. The molecule has 13 heteroatoms. The Bertz CT molecular complexity index is 938. The topological polar surface area (TPSA) is 156 Å². The Kier molecular flexibility index (Phi) is 8.95. The van der Waals surface area contributed by atoms with Crippen molar-refractivity contribution in [1.29, 1.82) is 0 Å². The lowest BCUT2D eigenvalue weighted by Crippen LogP contribution is -2.66. The SMILES string of the molecule is NC(=O)C1CCC(N[C@H]2CCCC[C@H]2N)NC1NC1NCC(C2CSC3C(=O)C=C(N4CCOCC4)OC32)S1. The predicted molar refractivity (Wildman–Crippen MR) is 152 cm³/mol. The van der Waals surface area contributed by atoms with Gasteiger partial charge in [-0.15, -0.1) is 23.5 Å². The zero-order valence-electron chi connectivity index (χ0n) is 22.4. The van der Waals surface area contributed by atoms with Crippen LogP contribution in [0.4, 0.5) is 0 Å². The van der Waals surface area contributed by atoms with Gasteiger partial charge in [-0.2, -0.15) is 0 Å². The first kappa shape index (κ1) is 28.1. The van der Waals surface area contributed by atoms with Gasteiger partial charge in [0.15, 0.2) is 11.7 Å². The van der Waals surface area contributed by atoms with Crippen molar-refractivity contribution in [2.75, 3.05) is 38.6 Å². The quantitative estimate of drug-likeness (QED) is 0.228. The van der Waals surface area contributed by atoms with Crippen LogP contribution >= 0.6 is 23.5 Å². The van der Waals surface area contributed by atoms with Crippen LogP contribution < -0.4 is 32.7 Å². The van der Waals surface area contributed by atoms with Gasteiger partial charge in [0.05, 0.1) is 31.5 Å². The number of hydrogen-bond acceptors (Lipinski definition) is 12. The van der Waals surface area contributed by atoms with Crippen molar-refractivity contribution in [2.45, 2.75) is 85.0 Å². The van der Waals surface area contributed by atoms with Crippen LogP contribution in [0.1, 0.15) is 38.5 Å². The molecule has 218 valence electrons. The Morgan fingerprint density at radius 1 is 1.13 bits per heavy atom. The average Bonchev–Trinajstić information content (AvgIpc) is 3.58. The number of piperidine rings is 1. The largest absolute Gasteiger partial charge is 0.474 e. The molecular weight excluding hydrogens is 538 g/mol. The lowest BCUT2D eigenvalue weighted by atomic mass is 9.89. The number of primary amides is 1. The summed E-state index contributed by atoms with van der Waals surface area (Å²) in [6.45, 7) is 3.62. The molecule has 5 fully saturated rings. The van der Waals surface area contributed by atoms with Crippen LogP contribution in [0.15, 0.2) is 12.0 Å². The standard InChI is InChI=1S/C26H43N7O4S2/c27-16-3-1-2-4-17(16)30-20-6-5-14(24(28)35)25(31-20)32-26-29-12-19(39-26)15-13-38-23-18(34)11-21(37-22(15)23)33-7-9-36-10-8-33/h11,14-17,19-20,22-23,25-26,29-32H,1-10,12-13,27H2,(H2,28,35)/t14?,15?,16-,17+,19?,20?,22?,23?,25?,26?/m1/s1. The second-order valence-corrected chi connectivity index (χ2v) is 14.1. The van der Waals surface area contributed by atoms with Gasteiger partial charge in [-0.05, 0) is 25.7 Å². The Labute approximate surface area is 239 Å². The van der Waals surface area contributed by atoms with E-state index < -0.39 is 0 Å². The molecule has 6 aliphatic rings. The van der Waals surface area contributed by atoms with Crippen LogP contribution in [0, 0.1) is 11.8 Å². The van der Waals surface area contributed by atoms with Gasteiger partial charge in [0.25, 0.3) is 0 Å². The minimum Gasteiger partial charge on any atom is -0.474 e. The number of nitrogens with two attached hydrogens (primary N) is 2. The van der Waals surface area contributed by atoms with Crippen molar-refractivity contribution in [3.8, 4) is 0 Å². The normalized spacial score (nSPS) is 43.1. The fourth-order valence-electron chi connectivity index (χ4n) is 6.83. The highest BCUT2D eigenvalue weighted by Crippen LogP contribution is 2.45. The number of nitrogens with one attached hydrogen (secondary N) is 4. The molecule has 8 unspecified atom stereocenters. The number of thioether (sulfide) groups is 2. The number of ketones is 1. The summed E-state index contributed by atoms with van der Waals surface area (Å²) in [6.07, 6.45) is 7.55. The highest BCUT2D eigenvalue weighted by atomic mass is 32.2. The number of morpholine rings is 1. The van der Waals surface area contributed by atoms with Crippen molar-refractivity contribution in [1.82, 2.24) is 26.2 Å². The Morgan fingerprint density at radius 2 is 1.95 bits per heavy atom. The van der Waals surface area contributed by atoms with Crippen LogP contribution in [-0.4, -0.2) is 102 Å². The van der Waals surface area contributed by atoms with Gasteiger partial charge in [-0.25, -0.2) is 0 Å². The molecule has 1 saturated carbocycles. The summed E-state index contributed by atoms with van der Waals surface area (Å²) in [4.78, 5) is 27.4. The highest BCUT2D eigenvalue weighted by Gasteiger charge is 2.50. The van der Waals surface area contributed by atoms with E-state index in [1.54, 1.807) is 17.8 Å². The van der Waals surface area contributed by atoms with Crippen LogP contribution in [0.5, 0.6) is 0 Å².